The second kappa shape index (κ2) is 4.85. The third kappa shape index (κ3) is 2.43. The summed E-state index contributed by atoms with van der Waals surface area (Å²) in [6.45, 7) is 0. The van der Waals surface area contributed by atoms with Gasteiger partial charge in [0.25, 0.3) is 0 Å². The second-order valence-electron chi connectivity index (χ2n) is 3.68. The molecule has 0 aromatic carbocycles. The van der Waals surface area contributed by atoms with Gasteiger partial charge in [0.2, 0.25) is 0 Å². The van der Waals surface area contributed by atoms with Gasteiger partial charge in [0, 0.05) is 43.8 Å². The number of rotatable bonds is 4. The molecule has 2 heterocycles. The van der Waals surface area contributed by atoms with Crippen molar-refractivity contribution in [3.8, 4) is 0 Å². The first kappa shape index (κ1) is 10.8. The van der Waals surface area contributed by atoms with E-state index in [0.29, 0.717) is 6.42 Å². The minimum Gasteiger partial charge on any atom is -0.388 e. The number of hydrogen-bond acceptors (Lipinski definition) is 4. The number of aryl methyl sites for hydroxylation is 2. The highest BCUT2D eigenvalue weighted by Gasteiger charge is 2.09. The van der Waals surface area contributed by atoms with E-state index in [4.69, 9.17) is 0 Å². The highest BCUT2D eigenvalue weighted by molar-refractivity contribution is 5.07. The molecule has 0 amide bonds. The molecule has 0 saturated heterocycles. The van der Waals surface area contributed by atoms with Crippen LogP contribution in [0.5, 0.6) is 0 Å². The number of aliphatic hydroxyl groups is 1. The van der Waals surface area contributed by atoms with Gasteiger partial charge in [-0.15, -0.1) is 0 Å². The smallest absolute Gasteiger partial charge is 0.115 e. The van der Waals surface area contributed by atoms with Crippen LogP contribution in [0, 0.1) is 0 Å². The maximum Gasteiger partial charge on any atom is 0.115 e. The van der Waals surface area contributed by atoms with E-state index >= 15 is 0 Å². The zero-order chi connectivity index (χ0) is 11.4. The normalized spacial score (nSPS) is 12.6. The first-order valence-electron chi connectivity index (χ1n) is 5.16. The molecule has 1 unspecified atom stereocenters. The molecule has 0 bridgehead atoms. The van der Waals surface area contributed by atoms with Gasteiger partial charge in [-0.05, 0) is 6.42 Å². The van der Waals surface area contributed by atoms with Crippen LogP contribution in [0.15, 0.2) is 31.1 Å². The molecule has 0 aliphatic carbocycles. The lowest BCUT2D eigenvalue weighted by Gasteiger charge is -2.09. The lowest BCUT2D eigenvalue weighted by Crippen LogP contribution is -2.04. The molecule has 5 heteroatoms. The fourth-order valence-corrected chi connectivity index (χ4v) is 1.55. The van der Waals surface area contributed by atoms with Gasteiger partial charge in [-0.2, -0.15) is 0 Å². The largest absolute Gasteiger partial charge is 0.388 e. The SMILES string of the molecule is Cn1ccnc1CCC(O)c1cncnc1. The lowest BCUT2D eigenvalue weighted by atomic mass is 10.1. The predicted molar refractivity (Wildman–Crippen MR) is 58.5 cm³/mol. The van der Waals surface area contributed by atoms with Crippen molar-refractivity contribution in [2.45, 2.75) is 18.9 Å². The van der Waals surface area contributed by atoms with Crippen LogP contribution in [0.3, 0.4) is 0 Å². The van der Waals surface area contributed by atoms with Gasteiger partial charge in [-0.25, -0.2) is 15.0 Å². The average Bonchev–Trinajstić information content (AvgIpc) is 2.73. The Morgan fingerprint density at radius 3 is 2.75 bits per heavy atom. The molecule has 5 nitrogen and oxygen atoms in total. The summed E-state index contributed by atoms with van der Waals surface area (Å²) < 4.78 is 1.95. The molecule has 2 aromatic heterocycles. The summed E-state index contributed by atoms with van der Waals surface area (Å²) in [4.78, 5) is 12.0. The fourth-order valence-electron chi connectivity index (χ4n) is 1.55. The third-order valence-electron chi connectivity index (χ3n) is 2.53. The van der Waals surface area contributed by atoms with Crippen LogP contribution >= 0.6 is 0 Å². The standard InChI is InChI=1S/C11H14N4O/c1-15-5-4-14-11(15)3-2-10(16)9-6-12-8-13-7-9/h4-8,10,16H,2-3H2,1H3. The maximum atomic E-state index is 9.89. The summed E-state index contributed by atoms with van der Waals surface area (Å²) in [5.74, 6) is 0.968. The van der Waals surface area contributed by atoms with Crippen molar-refractivity contribution in [2.75, 3.05) is 0 Å². The van der Waals surface area contributed by atoms with Crippen molar-refractivity contribution in [2.24, 2.45) is 7.05 Å². The summed E-state index contributed by atoms with van der Waals surface area (Å²) >= 11 is 0. The molecule has 0 saturated carbocycles. The molecular formula is C11H14N4O. The molecular weight excluding hydrogens is 204 g/mol. The molecule has 84 valence electrons. The van der Waals surface area contributed by atoms with E-state index < -0.39 is 6.10 Å². The van der Waals surface area contributed by atoms with Crippen molar-refractivity contribution >= 4 is 0 Å². The van der Waals surface area contributed by atoms with E-state index in [1.807, 2.05) is 17.8 Å². The van der Waals surface area contributed by atoms with Crippen molar-refractivity contribution in [3.63, 3.8) is 0 Å². The topological polar surface area (TPSA) is 63.8 Å². The predicted octanol–water partition coefficient (Wildman–Crippen LogP) is 0.876. The maximum absolute atomic E-state index is 9.89. The Balaban J connectivity index is 1.94. The van der Waals surface area contributed by atoms with Crippen LogP contribution in [0.1, 0.15) is 23.9 Å². The van der Waals surface area contributed by atoms with Crippen LogP contribution in [0.2, 0.25) is 0 Å². The summed E-state index contributed by atoms with van der Waals surface area (Å²) in [6, 6.07) is 0. The zero-order valence-electron chi connectivity index (χ0n) is 9.11. The van der Waals surface area contributed by atoms with E-state index in [-0.39, 0.29) is 0 Å². The van der Waals surface area contributed by atoms with Crippen LogP contribution < -0.4 is 0 Å². The van der Waals surface area contributed by atoms with Gasteiger partial charge >= 0.3 is 0 Å². The quantitative estimate of drug-likeness (QED) is 0.827. The van der Waals surface area contributed by atoms with Gasteiger partial charge in [-0.1, -0.05) is 0 Å². The van der Waals surface area contributed by atoms with Crippen LogP contribution in [-0.4, -0.2) is 24.6 Å². The highest BCUT2D eigenvalue weighted by Crippen LogP contribution is 2.16. The third-order valence-corrected chi connectivity index (χ3v) is 2.53. The number of aromatic nitrogens is 4. The van der Waals surface area contributed by atoms with Gasteiger partial charge in [0.1, 0.15) is 12.2 Å². The Bertz CT molecular complexity index is 440. The average molecular weight is 218 g/mol. The molecule has 0 fully saturated rings. The Hall–Kier alpha value is -1.75. The summed E-state index contributed by atoms with van der Waals surface area (Å²) in [5.41, 5.74) is 0.747. The Kier molecular flexibility index (Phi) is 3.26. The Labute approximate surface area is 93.8 Å². The Morgan fingerprint density at radius 2 is 2.12 bits per heavy atom. The number of hydrogen-bond donors (Lipinski definition) is 1. The van der Waals surface area contributed by atoms with Crippen LogP contribution in [-0.2, 0) is 13.5 Å². The van der Waals surface area contributed by atoms with Gasteiger partial charge in [-0.3, -0.25) is 0 Å². The van der Waals surface area contributed by atoms with Crippen LogP contribution in [0.25, 0.3) is 0 Å². The van der Waals surface area contributed by atoms with Crippen molar-refractivity contribution in [1.82, 2.24) is 19.5 Å². The monoisotopic (exact) mass is 218 g/mol. The first-order chi connectivity index (χ1) is 7.77. The zero-order valence-corrected chi connectivity index (χ0v) is 9.11. The van der Waals surface area contributed by atoms with Crippen LogP contribution in [0.4, 0.5) is 0 Å². The fraction of sp³-hybridized carbons (Fsp3) is 0.364. The Morgan fingerprint density at radius 1 is 1.38 bits per heavy atom. The number of nitrogens with zero attached hydrogens (tertiary/aromatic N) is 4. The summed E-state index contributed by atoms with van der Waals surface area (Å²) in [5, 5.41) is 9.89. The molecule has 2 rings (SSSR count). The molecule has 0 spiro atoms. The van der Waals surface area contributed by atoms with E-state index in [1.165, 1.54) is 6.33 Å². The molecule has 1 atom stereocenters. The van der Waals surface area contributed by atoms with Gasteiger partial charge in [0.05, 0.1) is 6.10 Å². The van der Waals surface area contributed by atoms with E-state index in [9.17, 15) is 5.11 Å². The molecule has 2 aromatic rings. The van der Waals surface area contributed by atoms with E-state index in [1.54, 1.807) is 18.6 Å². The van der Waals surface area contributed by atoms with Crippen molar-refractivity contribution < 1.29 is 5.11 Å². The lowest BCUT2D eigenvalue weighted by molar-refractivity contribution is 0.166. The molecule has 0 radical (unpaired) electrons. The number of aliphatic hydroxyl groups excluding tert-OH is 1. The van der Waals surface area contributed by atoms with Crippen molar-refractivity contribution in [1.29, 1.82) is 0 Å². The second-order valence-corrected chi connectivity index (χ2v) is 3.68. The molecule has 16 heavy (non-hydrogen) atoms. The molecule has 1 N–H and O–H groups in total. The summed E-state index contributed by atoms with van der Waals surface area (Å²) in [6.07, 6.45) is 9.21. The van der Waals surface area contributed by atoms with Gasteiger partial charge in [0.15, 0.2) is 0 Å². The molecule has 0 aliphatic rings. The van der Waals surface area contributed by atoms with E-state index in [2.05, 4.69) is 15.0 Å². The first-order valence-corrected chi connectivity index (χ1v) is 5.16. The molecule has 0 aliphatic heterocycles. The minimum atomic E-state index is -0.530. The number of imidazole rings is 1. The minimum absolute atomic E-state index is 0.530. The summed E-state index contributed by atoms with van der Waals surface area (Å²) in [7, 11) is 1.94. The van der Waals surface area contributed by atoms with Crippen molar-refractivity contribution in [3.05, 3.63) is 42.5 Å². The highest BCUT2D eigenvalue weighted by atomic mass is 16.3. The van der Waals surface area contributed by atoms with E-state index in [0.717, 1.165) is 17.8 Å². The van der Waals surface area contributed by atoms with Gasteiger partial charge < -0.3 is 9.67 Å².